The maximum absolute atomic E-state index is 12.6. The normalized spacial score (nSPS) is 23.4. The van der Waals surface area contributed by atoms with Gasteiger partial charge in [0.2, 0.25) is 17.7 Å². The van der Waals surface area contributed by atoms with Crippen molar-refractivity contribution in [2.45, 2.75) is 43.4 Å². The third-order valence-electron chi connectivity index (χ3n) is 5.98. The third-order valence-corrected chi connectivity index (χ3v) is 7.37. The standard InChI is InChI=1S/C22H26N4O5S/c27-20(14-26-21(28)17-6-3-4-7-18(17)22(26)29)24-15-9-11-16(12-10-15)32(30,31)25-19-8-2-1-5-13-23-19/h3-4,9-12,17-18H,1-2,5-8,13-14H2,(H,23,25)(H,24,27)/t17-,18+. The fraction of sp³-hybridized carbons (Fsp3) is 0.455. The number of hydrogen-bond acceptors (Lipinski definition) is 6. The van der Waals surface area contributed by atoms with Crippen LogP contribution in [0, 0.1) is 11.8 Å². The summed E-state index contributed by atoms with van der Waals surface area (Å²) in [5, 5.41) is 2.62. The van der Waals surface area contributed by atoms with Crippen LogP contribution in [0.1, 0.15) is 38.5 Å². The highest BCUT2D eigenvalue weighted by Crippen LogP contribution is 2.34. The lowest BCUT2D eigenvalue weighted by Crippen LogP contribution is -2.38. The number of nitrogens with zero attached hydrogens (tertiary/aromatic N) is 2. The predicted molar refractivity (Wildman–Crippen MR) is 118 cm³/mol. The molecule has 0 aromatic heterocycles. The van der Waals surface area contributed by atoms with Gasteiger partial charge in [0.1, 0.15) is 12.4 Å². The summed E-state index contributed by atoms with van der Waals surface area (Å²) in [6, 6.07) is 5.72. The van der Waals surface area contributed by atoms with Gasteiger partial charge in [-0.2, -0.15) is 0 Å². The molecule has 0 spiro atoms. The van der Waals surface area contributed by atoms with Gasteiger partial charge in [-0.1, -0.05) is 18.6 Å². The Labute approximate surface area is 187 Å². The summed E-state index contributed by atoms with van der Waals surface area (Å²) in [5.41, 5.74) is 0.374. The molecule has 9 nitrogen and oxygen atoms in total. The highest BCUT2D eigenvalue weighted by atomic mass is 32.2. The van der Waals surface area contributed by atoms with Crippen LogP contribution in [0.5, 0.6) is 0 Å². The highest BCUT2D eigenvalue weighted by molar-refractivity contribution is 7.90. The van der Waals surface area contributed by atoms with Crippen LogP contribution in [0.4, 0.5) is 5.69 Å². The van der Waals surface area contributed by atoms with E-state index in [1.807, 2.05) is 12.2 Å². The topological polar surface area (TPSA) is 125 Å². The summed E-state index contributed by atoms with van der Waals surface area (Å²) >= 11 is 0. The lowest BCUT2D eigenvalue weighted by Gasteiger charge is -2.15. The Kier molecular flexibility index (Phi) is 6.40. The fourth-order valence-electron chi connectivity index (χ4n) is 4.26. The van der Waals surface area contributed by atoms with Crippen LogP contribution in [0.3, 0.4) is 0 Å². The number of imide groups is 1. The molecule has 1 aromatic rings. The quantitative estimate of drug-likeness (QED) is 0.514. The number of benzene rings is 1. The van der Waals surface area contributed by atoms with E-state index in [0.29, 0.717) is 37.3 Å². The molecule has 32 heavy (non-hydrogen) atoms. The molecule has 2 atom stereocenters. The molecule has 3 aliphatic rings. The van der Waals surface area contributed by atoms with Crippen LogP contribution >= 0.6 is 0 Å². The Hall–Kier alpha value is -3.01. The number of likely N-dealkylation sites (tertiary alicyclic amines) is 1. The molecule has 1 fully saturated rings. The molecule has 1 saturated heterocycles. The summed E-state index contributed by atoms with van der Waals surface area (Å²) in [6.07, 6.45) is 8.28. The Bertz CT molecular complexity index is 1050. The number of carbonyl (C=O) groups is 3. The summed E-state index contributed by atoms with van der Waals surface area (Å²) < 4.78 is 27.8. The van der Waals surface area contributed by atoms with Crippen molar-refractivity contribution in [1.82, 2.24) is 9.62 Å². The molecule has 2 aliphatic heterocycles. The maximum Gasteiger partial charge on any atom is 0.262 e. The Morgan fingerprint density at radius 3 is 2.31 bits per heavy atom. The van der Waals surface area contributed by atoms with E-state index >= 15 is 0 Å². The summed E-state index contributed by atoms with van der Waals surface area (Å²) in [4.78, 5) is 42.8. The number of allylic oxidation sites excluding steroid dienone is 2. The molecule has 1 aromatic carbocycles. The van der Waals surface area contributed by atoms with Crippen molar-refractivity contribution < 1.29 is 22.8 Å². The third kappa shape index (κ3) is 4.74. The molecule has 0 saturated carbocycles. The van der Waals surface area contributed by atoms with Gasteiger partial charge in [0, 0.05) is 18.7 Å². The van der Waals surface area contributed by atoms with Gasteiger partial charge in [-0.15, -0.1) is 0 Å². The largest absolute Gasteiger partial charge is 0.325 e. The monoisotopic (exact) mass is 458 g/mol. The first-order valence-corrected chi connectivity index (χ1v) is 12.3. The predicted octanol–water partition coefficient (Wildman–Crippen LogP) is 1.83. The van der Waals surface area contributed by atoms with Crippen LogP contribution in [0.25, 0.3) is 0 Å². The number of rotatable bonds is 5. The molecule has 170 valence electrons. The van der Waals surface area contributed by atoms with Gasteiger partial charge < -0.3 is 5.32 Å². The zero-order valence-corrected chi connectivity index (χ0v) is 18.4. The molecule has 1 aliphatic carbocycles. The van der Waals surface area contributed by atoms with Crippen LogP contribution in [-0.4, -0.2) is 50.0 Å². The summed E-state index contributed by atoms with van der Waals surface area (Å²) in [7, 11) is -3.76. The van der Waals surface area contributed by atoms with Gasteiger partial charge in [-0.05, 0) is 49.9 Å². The number of nitrogens with one attached hydrogen (secondary N) is 2. The van der Waals surface area contributed by atoms with E-state index in [1.165, 1.54) is 24.3 Å². The number of sulfonamides is 1. The molecular formula is C22H26N4O5S. The van der Waals surface area contributed by atoms with Crippen LogP contribution in [-0.2, 0) is 24.4 Å². The minimum atomic E-state index is -3.76. The van der Waals surface area contributed by atoms with E-state index in [0.717, 1.165) is 24.2 Å². The second kappa shape index (κ2) is 9.23. The smallest absolute Gasteiger partial charge is 0.262 e. The number of carbonyl (C=O) groups excluding carboxylic acids is 3. The Morgan fingerprint density at radius 1 is 1.00 bits per heavy atom. The second-order valence-electron chi connectivity index (χ2n) is 8.24. The molecule has 0 bridgehead atoms. The number of anilines is 1. The van der Waals surface area contributed by atoms with Crippen molar-refractivity contribution in [3.05, 3.63) is 36.4 Å². The van der Waals surface area contributed by atoms with Crippen LogP contribution in [0.2, 0.25) is 0 Å². The SMILES string of the molecule is O=C(CN1C(=O)[C@H]2CC=CC[C@H]2C1=O)Nc1ccc(S(=O)(=O)NC2=NCCCCC2)cc1. The zero-order chi connectivity index (χ0) is 22.7. The highest BCUT2D eigenvalue weighted by Gasteiger charge is 2.47. The minimum absolute atomic E-state index is 0.0592. The molecule has 2 heterocycles. The average Bonchev–Trinajstić information content (AvgIpc) is 2.94. The first-order valence-electron chi connectivity index (χ1n) is 10.8. The van der Waals surface area contributed by atoms with Crippen LogP contribution < -0.4 is 10.0 Å². The molecule has 0 unspecified atom stereocenters. The van der Waals surface area contributed by atoms with Crippen LogP contribution in [0.15, 0.2) is 46.3 Å². The van der Waals surface area contributed by atoms with Crippen molar-refractivity contribution in [3.63, 3.8) is 0 Å². The number of fused-ring (bicyclic) bond motifs is 1. The number of hydrogen-bond donors (Lipinski definition) is 2. The lowest BCUT2D eigenvalue weighted by molar-refractivity contribution is -0.142. The second-order valence-corrected chi connectivity index (χ2v) is 9.92. The van der Waals surface area contributed by atoms with Gasteiger partial charge >= 0.3 is 0 Å². The molecule has 0 radical (unpaired) electrons. The molecule has 4 rings (SSSR count). The van der Waals surface area contributed by atoms with E-state index in [1.54, 1.807) is 0 Å². The van der Waals surface area contributed by atoms with Crippen molar-refractivity contribution >= 4 is 39.3 Å². The van der Waals surface area contributed by atoms with Crippen molar-refractivity contribution in [2.75, 3.05) is 18.4 Å². The molecule has 3 amide bonds. The minimum Gasteiger partial charge on any atom is -0.325 e. The number of amides is 3. The van der Waals surface area contributed by atoms with E-state index in [4.69, 9.17) is 0 Å². The van der Waals surface area contributed by atoms with Gasteiger partial charge in [-0.25, -0.2) is 8.42 Å². The summed E-state index contributed by atoms with van der Waals surface area (Å²) in [6.45, 7) is 0.259. The van der Waals surface area contributed by atoms with Gasteiger partial charge in [0.15, 0.2) is 0 Å². The van der Waals surface area contributed by atoms with Crippen molar-refractivity contribution in [3.8, 4) is 0 Å². The van der Waals surface area contributed by atoms with E-state index < -0.39 is 15.9 Å². The maximum atomic E-state index is 12.6. The molecule has 2 N–H and O–H groups in total. The fourth-order valence-corrected chi connectivity index (χ4v) is 5.35. The van der Waals surface area contributed by atoms with E-state index in [-0.39, 0.29) is 35.1 Å². The first-order chi connectivity index (χ1) is 15.3. The van der Waals surface area contributed by atoms with Gasteiger partial charge in [-0.3, -0.25) is 29.0 Å². The summed E-state index contributed by atoms with van der Waals surface area (Å²) in [5.74, 6) is -1.43. The van der Waals surface area contributed by atoms with Gasteiger partial charge in [0.25, 0.3) is 10.0 Å². The Morgan fingerprint density at radius 2 is 1.66 bits per heavy atom. The Balaban J connectivity index is 1.36. The average molecular weight is 459 g/mol. The zero-order valence-electron chi connectivity index (χ0n) is 17.6. The van der Waals surface area contributed by atoms with Crippen molar-refractivity contribution in [1.29, 1.82) is 0 Å². The molecular weight excluding hydrogens is 432 g/mol. The molecule has 10 heteroatoms. The van der Waals surface area contributed by atoms with Crippen molar-refractivity contribution in [2.24, 2.45) is 16.8 Å². The van der Waals surface area contributed by atoms with E-state index in [9.17, 15) is 22.8 Å². The van der Waals surface area contributed by atoms with E-state index in [2.05, 4.69) is 15.0 Å². The number of amidine groups is 1. The first kappa shape index (κ1) is 22.2. The lowest BCUT2D eigenvalue weighted by atomic mass is 9.85. The number of aliphatic imine (C=N–C) groups is 1. The van der Waals surface area contributed by atoms with Gasteiger partial charge in [0.05, 0.1) is 16.7 Å².